The highest BCUT2D eigenvalue weighted by Crippen LogP contribution is 2.23. The molecular formula is C17H20FN3O3. The Labute approximate surface area is 140 Å². The standard InChI is InChI=1S/C17H20FN3O3/c1-17(2,3)24-21(11-22)15-6-7-20(16(15)23)10-13-8-12(9-19)4-5-14(13)18/h4-5,8,11,15H,6-7,10H2,1-3H3/t15-/m0/s1. The van der Waals surface area contributed by atoms with Crippen molar-refractivity contribution in [2.24, 2.45) is 0 Å². The van der Waals surface area contributed by atoms with Crippen LogP contribution in [0, 0.1) is 17.1 Å². The summed E-state index contributed by atoms with van der Waals surface area (Å²) >= 11 is 0. The molecule has 24 heavy (non-hydrogen) atoms. The molecule has 0 aromatic heterocycles. The maximum atomic E-state index is 13.9. The molecule has 0 radical (unpaired) electrons. The fourth-order valence-electron chi connectivity index (χ4n) is 2.56. The van der Waals surface area contributed by atoms with Crippen molar-refractivity contribution in [3.63, 3.8) is 0 Å². The molecule has 7 heteroatoms. The zero-order valence-electron chi connectivity index (χ0n) is 14.0. The van der Waals surface area contributed by atoms with Crippen LogP contribution in [0.2, 0.25) is 0 Å². The van der Waals surface area contributed by atoms with Crippen LogP contribution in [0.5, 0.6) is 0 Å². The Morgan fingerprint density at radius 2 is 2.21 bits per heavy atom. The number of likely N-dealkylation sites (tertiary alicyclic amines) is 1. The molecule has 128 valence electrons. The van der Waals surface area contributed by atoms with Gasteiger partial charge >= 0.3 is 0 Å². The lowest BCUT2D eigenvalue weighted by Crippen LogP contribution is -2.44. The van der Waals surface area contributed by atoms with E-state index in [1.165, 1.54) is 23.1 Å². The van der Waals surface area contributed by atoms with Crippen LogP contribution in [0.1, 0.15) is 38.3 Å². The number of hydroxylamine groups is 2. The van der Waals surface area contributed by atoms with Gasteiger partial charge in [0.2, 0.25) is 12.3 Å². The van der Waals surface area contributed by atoms with Gasteiger partial charge in [-0.15, -0.1) is 0 Å². The summed E-state index contributed by atoms with van der Waals surface area (Å²) in [6.07, 6.45) is 0.904. The number of carbonyl (C=O) groups is 2. The van der Waals surface area contributed by atoms with Gasteiger partial charge in [0.1, 0.15) is 11.9 Å². The van der Waals surface area contributed by atoms with Gasteiger partial charge in [-0.3, -0.25) is 14.4 Å². The van der Waals surface area contributed by atoms with Crippen molar-refractivity contribution in [1.29, 1.82) is 5.26 Å². The Balaban J connectivity index is 2.12. The second-order valence-corrected chi connectivity index (χ2v) is 6.65. The Kier molecular flexibility index (Phi) is 5.20. The van der Waals surface area contributed by atoms with Crippen LogP contribution in [-0.2, 0) is 21.0 Å². The molecular weight excluding hydrogens is 313 g/mol. The summed E-state index contributed by atoms with van der Waals surface area (Å²) in [4.78, 5) is 30.7. The minimum Gasteiger partial charge on any atom is -0.336 e. The number of nitrogens with zero attached hydrogens (tertiary/aromatic N) is 3. The van der Waals surface area contributed by atoms with Gasteiger partial charge in [-0.2, -0.15) is 5.26 Å². The van der Waals surface area contributed by atoms with Gasteiger partial charge in [-0.1, -0.05) is 0 Å². The summed E-state index contributed by atoms with van der Waals surface area (Å²) in [5.41, 5.74) is -0.000371. The minimum absolute atomic E-state index is 0.0545. The second kappa shape index (κ2) is 6.97. The van der Waals surface area contributed by atoms with Gasteiger partial charge in [0, 0.05) is 18.7 Å². The van der Waals surface area contributed by atoms with Crippen molar-refractivity contribution in [1.82, 2.24) is 9.96 Å². The van der Waals surface area contributed by atoms with Crippen molar-refractivity contribution in [2.45, 2.75) is 45.4 Å². The first kappa shape index (κ1) is 17.9. The van der Waals surface area contributed by atoms with E-state index in [2.05, 4.69) is 0 Å². The molecule has 1 heterocycles. The fourth-order valence-corrected chi connectivity index (χ4v) is 2.56. The van der Waals surface area contributed by atoms with Crippen molar-refractivity contribution in [2.75, 3.05) is 6.54 Å². The number of hydrogen-bond donors (Lipinski definition) is 0. The molecule has 1 saturated heterocycles. The van der Waals surface area contributed by atoms with E-state index in [0.29, 0.717) is 24.9 Å². The van der Waals surface area contributed by atoms with Crippen molar-refractivity contribution in [3.05, 3.63) is 35.1 Å². The van der Waals surface area contributed by atoms with E-state index in [-0.39, 0.29) is 18.0 Å². The highest BCUT2D eigenvalue weighted by molar-refractivity contribution is 5.85. The van der Waals surface area contributed by atoms with Crippen molar-refractivity contribution in [3.8, 4) is 6.07 Å². The Bertz CT molecular complexity index is 679. The third-order valence-electron chi connectivity index (χ3n) is 3.60. The molecule has 1 aliphatic rings. The molecule has 2 rings (SSSR count). The highest BCUT2D eigenvalue weighted by Gasteiger charge is 2.38. The van der Waals surface area contributed by atoms with Crippen LogP contribution in [0.3, 0.4) is 0 Å². The monoisotopic (exact) mass is 333 g/mol. The van der Waals surface area contributed by atoms with E-state index in [1.807, 2.05) is 6.07 Å². The lowest BCUT2D eigenvalue weighted by Gasteiger charge is -2.30. The van der Waals surface area contributed by atoms with Crippen LogP contribution in [-0.4, -0.2) is 40.5 Å². The number of halogens is 1. The lowest BCUT2D eigenvalue weighted by molar-refractivity contribution is -0.230. The van der Waals surface area contributed by atoms with Crippen LogP contribution in [0.4, 0.5) is 4.39 Å². The maximum absolute atomic E-state index is 13.9. The number of amides is 2. The molecule has 1 aromatic carbocycles. The van der Waals surface area contributed by atoms with Crippen molar-refractivity contribution >= 4 is 12.3 Å². The van der Waals surface area contributed by atoms with Crippen LogP contribution in [0.15, 0.2) is 18.2 Å². The summed E-state index contributed by atoms with van der Waals surface area (Å²) < 4.78 is 13.9. The fraction of sp³-hybridized carbons (Fsp3) is 0.471. The lowest BCUT2D eigenvalue weighted by atomic mass is 10.1. The number of benzene rings is 1. The number of hydrogen-bond acceptors (Lipinski definition) is 4. The Hall–Kier alpha value is -2.46. The molecule has 1 fully saturated rings. The molecule has 0 spiro atoms. The van der Waals surface area contributed by atoms with Gasteiger partial charge < -0.3 is 4.90 Å². The van der Waals surface area contributed by atoms with Gasteiger partial charge in [0.15, 0.2) is 0 Å². The third kappa shape index (κ3) is 4.09. The smallest absolute Gasteiger partial charge is 0.248 e. The molecule has 0 bridgehead atoms. The van der Waals surface area contributed by atoms with Crippen LogP contribution < -0.4 is 0 Å². The summed E-state index contributed by atoms with van der Waals surface area (Å²) in [6.45, 7) is 5.78. The molecule has 0 saturated carbocycles. The number of nitriles is 1. The zero-order chi connectivity index (χ0) is 17.9. The summed E-state index contributed by atoms with van der Waals surface area (Å²) in [6, 6.07) is 5.26. The van der Waals surface area contributed by atoms with Crippen LogP contribution in [0.25, 0.3) is 0 Å². The van der Waals surface area contributed by atoms with E-state index in [0.717, 1.165) is 5.06 Å². The molecule has 2 amide bonds. The highest BCUT2D eigenvalue weighted by atomic mass is 19.1. The van der Waals surface area contributed by atoms with Crippen LogP contribution >= 0.6 is 0 Å². The van der Waals surface area contributed by atoms with Gasteiger partial charge in [-0.25, -0.2) is 9.45 Å². The number of rotatable bonds is 5. The Morgan fingerprint density at radius 3 is 2.79 bits per heavy atom. The summed E-state index contributed by atoms with van der Waals surface area (Å²) in [5.74, 6) is -0.767. The van der Waals surface area contributed by atoms with Gasteiger partial charge in [0.25, 0.3) is 0 Å². The minimum atomic E-state index is -0.719. The first-order chi connectivity index (χ1) is 11.2. The molecule has 0 aliphatic carbocycles. The average Bonchev–Trinajstić information content (AvgIpc) is 2.87. The molecule has 1 aromatic rings. The average molecular weight is 333 g/mol. The molecule has 0 unspecified atom stereocenters. The normalized spacial score (nSPS) is 17.7. The first-order valence-corrected chi connectivity index (χ1v) is 7.65. The van der Waals surface area contributed by atoms with E-state index >= 15 is 0 Å². The molecule has 1 aliphatic heterocycles. The maximum Gasteiger partial charge on any atom is 0.248 e. The SMILES string of the molecule is CC(C)(C)ON(C=O)[C@H]1CCN(Cc2cc(C#N)ccc2F)C1=O. The van der Waals surface area contributed by atoms with E-state index in [4.69, 9.17) is 10.1 Å². The second-order valence-electron chi connectivity index (χ2n) is 6.65. The summed E-state index contributed by atoms with van der Waals surface area (Å²) in [5, 5.41) is 9.94. The predicted molar refractivity (Wildman–Crippen MR) is 83.7 cm³/mol. The topological polar surface area (TPSA) is 73.6 Å². The number of carbonyl (C=O) groups excluding carboxylic acids is 2. The van der Waals surface area contributed by atoms with Gasteiger partial charge in [-0.05, 0) is 45.4 Å². The van der Waals surface area contributed by atoms with Gasteiger partial charge in [0.05, 0.1) is 17.2 Å². The third-order valence-corrected chi connectivity index (χ3v) is 3.60. The Morgan fingerprint density at radius 1 is 1.50 bits per heavy atom. The van der Waals surface area contributed by atoms with E-state index in [9.17, 15) is 14.0 Å². The predicted octanol–water partition coefficient (Wildman–Crippen LogP) is 1.99. The van der Waals surface area contributed by atoms with E-state index in [1.54, 1.807) is 20.8 Å². The largest absolute Gasteiger partial charge is 0.336 e. The molecule has 0 N–H and O–H groups in total. The molecule has 1 atom stereocenters. The van der Waals surface area contributed by atoms with Crippen molar-refractivity contribution < 1.29 is 18.8 Å². The summed E-state index contributed by atoms with van der Waals surface area (Å²) in [7, 11) is 0. The zero-order valence-corrected chi connectivity index (χ0v) is 14.0. The first-order valence-electron chi connectivity index (χ1n) is 7.65. The molecule has 6 nitrogen and oxygen atoms in total. The quantitative estimate of drug-likeness (QED) is 0.610. The van der Waals surface area contributed by atoms with E-state index < -0.39 is 17.5 Å².